The minimum atomic E-state index is 0.0132. The molecule has 3 nitrogen and oxygen atoms in total. The Hall–Kier alpha value is -1.00. The van der Waals surface area contributed by atoms with E-state index < -0.39 is 0 Å². The lowest BCUT2D eigenvalue weighted by atomic mass is 10.5. The van der Waals surface area contributed by atoms with E-state index in [4.69, 9.17) is 5.11 Å². The molecule has 0 bridgehead atoms. The number of hydrogen-bond acceptors (Lipinski definition) is 4. The molecule has 2 aromatic heterocycles. The fourth-order valence-corrected chi connectivity index (χ4v) is 1.69. The van der Waals surface area contributed by atoms with Gasteiger partial charge in [-0.2, -0.15) is 0 Å². The SMILES string of the molecule is OCc1nc2cnccc2s1. The van der Waals surface area contributed by atoms with E-state index in [-0.39, 0.29) is 6.61 Å². The van der Waals surface area contributed by atoms with Crippen molar-refractivity contribution in [3.8, 4) is 0 Å². The average molecular weight is 166 g/mol. The van der Waals surface area contributed by atoms with E-state index in [2.05, 4.69) is 9.97 Å². The van der Waals surface area contributed by atoms with Crippen LogP contribution in [-0.2, 0) is 6.61 Å². The van der Waals surface area contributed by atoms with E-state index in [1.165, 1.54) is 11.3 Å². The van der Waals surface area contributed by atoms with Crippen molar-refractivity contribution in [2.45, 2.75) is 6.61 Å². The summed E-state index contributed by atoms with van der Waals surface area (Å²) in [4.78, 5) is 8.06. The molecule has 11 heavy (non-hydrogen) atoms. The summed E-state index contributed by atoms with van der Waals surface area (Å²) in [5.74, 6) is 0. The van der Waals surface area contributed by atoms with Crippen LogP contribution in [0.4, 0.5) is 0 Å². The first-order valence-corrected chi connectivity index (χ1v) is 4.02. The Morgan fingerprint density at radius 3 is 3.18 bits per heavy atom. The third-order valence-corrected chi connectivity index (χ3v) is 2.39. The molecule has 4 heteroatoms. The Morgan fingerprint density at radius 1 is 1.55 bits per heavy atom. The second-order valence-electron chi connectivity index (χ2n) is 2.11. The van der Waals surface area contributed by atoms with Crippen molar-refractivity contribution in [3.63, 3.8) is 0 Å². The number of hydrogen-bond donors (Lipinski definition) is 1. The maximum atomic E-state index is 8.77. The minimum Gasteiger partial charge on any atom is -0.389 e. The average Bonchev–Trinajstić information content (AvgIpc) is 2.46. The molecule has 0 unspecified atom stereocenters. The molecule has 2 heterocycles. The summed E-state index contributed by atoms with van der Waals surface area (Å²) in [6, 6.07) is 1.90. The van der Waals surface area contributed by atoms with Crippen molar-refractivity contribution in [2.75, 3.05) is 0 Å². The van der Waals surface area contributed by atoms with Crippen molar-refractivity contribution in [3.05, 3.63) is 23.5 Å². The minimum absolute atomic E-state index is 0.0132. The quantitative estimate of drug-likeness (QED) is 0.692. The Morgan fingerprint density at radius 2 is 2.45 bits per heavy atom. The highest BCUT2D eigenvalue weighted by Gasteiger charge is 2.00. The molecule has 0 radical (unpaired) electrons. The lowest BCUT2D eigenvalue weighted by molar-refractivity contribution is 0.281. The summed E-state index contributed by atoms with van der Waals surface area (Å²) in [6.07, 6.45) is 3.42. The topological polar surface area (TPSA) is 46.0 Å². The normalized spacial score (nSPS) is 10.6. The summed E-state index contributed by atoms with van der Waals surface area (Å²) in [5.41, 5.74) is 0.863. The lowest BCUT2D eigenvalue weighted by Crippen LogP contribution is -1.77. The molecule has 0 aliphatic heterocycles. The maximum Gasteiger partial charge on any atom is 0.119 e. The predicted octanol–water partition coefficient (Wildman–Crippen LogP) is 1.18. The van der Waals surface area contributed by atoms with Crippen LogP contribution >= 0.6 is 11.3 Å². The van der Waals surface area contributed by atoms with E-state index >= 15 is 0 Å². The van der Waals surface area contributed by atoms with Gasteiger partial charge in [0, 0.05) is 6.20 Å². The van der Waals surface area contributed by atoms with E-state index in [1.807, 2.05) is 6.07 Å². The number of thiazole rings is 1. The van der Waals surface area contributed by atoms with Crippen LogP contribution < -0.4 is 0 Å². The van der Waals surface area contributed by atoms with Gasteiger partial charge >= 0.3 is 0 Å². The molecule has 0 aliphatic rings. The van der Waals surface area contributed by atoms with Gasteiger partial charge in [0.1, 0.15) is 5.01 Å². The summed E-state index contributed by atoms with van der Waals surface area (Å²) >= 11 is 1.50. The molecular formula is C7H6N2OS. The first-order chi connectivity index (χ1) is 5.40. The van der Waals surface area contributed by atoms with Gasteiger partial charge in [-0.3, -0.25) is 4.98 Å². The van der Waals surface area contributed by atoms with Gasteiger partial charge in [-0.05, 0) is 6.07 Å². The highest BCUT2D eigenvalue weighted by atomic mass is 32.1. The lowest BCUT2D eigenvalue weighted by Gasteiger charge is -1.80. The van der Waals surface area contributed by atoms with Crippen LogP contribution in [0.25, 0.3) is 10.2 Å². The Bertz CT molecular complexity index is 338. The molecule has 0 aromatic carbocycles. The zero-order valence-corrected chi connectivity index (χ0v) is 6.51. The van der Waals surface area contributed by atoms with E-state index in [0.29, 0.717) is 0 Å². The van der Waals surface area contributed by atoms with Crippen molar-refractivity contribution in [2.24, 2.45) is 0 Å². The Labute approximate surface area is 67.4 Å². The van der Waals surface area contributed by atoms with Gasteiger partial charge < -0.3 is 5.11 Å². The molecule has 0 spiro atoms. The molecule has 56 valence electrons. The molecule has 0 amide bonds. The zero-order valence-electron chi connectivity index (χ0n) is 5.69. The van der Waals surface area contributed by atoms with Gasteiger partial charge in [0.05, 0.1) is 23.0 Å². The van der Waals surface area contributed by atoms with Gasteiger partial charge in [0.15, 0.2) is 0 Å². The maximum absolute atomic E-state index is 8.77. The number of aliphatic hydroxyl groups excluding tert-OH is 1. The molecule has 2 rings (SSSR count). The third kappa shape index (κ3) is 1.10. The molecule has 0 fully saturated rings. The standard InChI is InChI=1S/C7H6N2OS/c10-4-7-9-5-3-8-2-1-6(5)11-7/h1-3,10H,4H2. The van der Waals surface area contributed by atoms with Gasteiger partial charge in [-0.25, -0.2) is 4.98 Å². The number of pyridine rings is 1. The molecule has 2 aromatic rings. The molecule has 0 saturated heterocycles. The number of nitrogens with zero attached hydrogens (tertiary/aromatic N) is 2. The van der Waals surface area contributed by atoms with Crippen molar-refractivity contribution < 1.29 is 5.11 Å². The second-order valence-corrected chi connectivity index (χ2v) is 3.22. The van der Waals surface area contributed by atoms with E-state index in [0.717, 1.165) is 15.2 Å². The highest BCUT2D eigenvalue weighted by molar-refractivity contribution is 7.18. The first-order valence-electron chi connectivity index (χ1n) is 3.20. The smallest absolute Gasteiger partial charge is 0.119 e. The number of rotatable bonds is 1. The number of aromatic nitrogens is 2. The predicted molar refractivity (Wildman–Crippen MR) is 43.3 cm³/mol. The van der Waals surface area contributed by atoms with Crippen LogP contribution in [0.3, 0.4) is 0 Å². The fourth-order valence-electron chi connectivity index (χ4n) is 0.895. The molecule has 0 saturated carbocycles. The monoisotopic (exact) mass is 166 g/mol. The highest BCUT2D eigenvalue weighted by Crippen LogP contribution is 2.19. The molecule has 0 aliphatic carbocycles. The van der Waals surface area contributed by atoms with Crippen LogP contribution in [0.2, 0.25) is 0 Å². The summed E-state index contributed by atoms with van der Waals surface area (Å²) in [6.45, 7) is 0.0132. The fraction of sp³-hybridized carbons (Fsp3) is 0.143. The van der Waals surface area contributed by atoms with Crippen molar-refractivity contribution in [1.82, 2.24) is 9.97 Å². The van der Waals surface area contributed by atoms with Crippen LogP contribution in [0.5, 0.6) is 0 Å². The Balaban J connectivity index is 2.69. The second kappa shape index (κ2) is 2.56. The van der Waals surface area contributed by atoms with Crippen LogP contribution in [0.1, 0.15) is 5.01 Å². The molecular weight excluding hydrogens is 160 g/mol. The van der Waals surface area contributed by atoms with Crippen molar-refractivity contribution >= 4 is 21.6 Å². The molecule has 0 atom stereocenters. The largest absolute Gasteiger partial charge is 0.389 e. The van der Waals surface area contributed by atoms with Gasteiger partial charge in [-0.1, -0.05) is 0 Å². The van der Waals surface area contributed by atoms with E-state index in [1.54, 1.807) is 12.4 Å². The van der Waals surface area contributed by atoms with E-state index in [9.17, 15) is 0 Å². The van der Waals surface area contributed by atoms with Gasteiger partial charge in [-0.15, -0.1) is 11.3 Å². The van der Waals surface area contributed by atoms with Crippen LogP contribution in [-0.4, -0.2) is 15.1 Å². The van der Waals surface area contributed by atoms with Crippen LogP contribution in [0, 0.1) is 0 Å². The van der Waals surface area contributed by atoms with Crippen LogP contribution in [0.15, 0.2) is 18.5 Å². The third-order valence-electron chi connectivity index (χ3n) is 1.37. The first kappa shape index (κ1) is 6.69. The zero-order chi connectivity index (χ0) is 7.68. The number of fused-ring (bicyclic) bond motifs is 1. The molecule has 1 N–H and O–H groups in total. The van der Waals surface area contributed by atoms with Crippen molar-refractivity contribution in [1.29, 1.82) is 0 Å². The van der Waals surface area contributed by atoms with Gasteiger partial charge in [0.25, 0.3) is 0 Å². The Kier molecular flexibility index (Phi) is 1.56. The summed E-state index contributed by atoms with van der Waals surface area (Å²) in [7, 11) is 0. The summed E-state index contributed by atoms with van der Waals surface area (Å²) < 4.78 is 1.07. The van der Waals surface area contributed by atoms with Gasteiger partial charge in [0.2, 0.25) is 0 Å². The summed E-state index contributed by atoms with van der Waals surface area (Å²) in [5, 5.41) is 9.51. The number of aliphatic hydroxyl groups is 1.